The molecule has 2 heterocycles. The second kappa shape index (κ2) is 5.11. The lowest BCUT2D eigenvalue weighted by Crippen LogP contribution is -2.45. The Morgan fingerprint density at radius 2 is 2.11 bits per heavy atom. The van der Waals surface area contributed by atoms with Gasteiger partial charge < -0.3 is 10.2 Å². The minimum absolute atomic E-state index is 0.0265. The molecular formula is C15H20N2O. The van der Waals surface area contributed by atoms with Crippen LogP contribution in [-0.2, 0) is 11.2 Å². The third-order valence-electron chi connectivity index (χ3n) is 4.01. The number of carbonyl (C=O) groups is 1. The lowest BCUT2D eigenvalue weighted by atomic mass is 10.1. The molecular weight excluding hydrogens is 224 g/mol. The number of hydrogen-bond acceptors (Lipinski definition) is 2. The summed E-state index contributed by atoms with van der Waals surface area (Å²) in [6, 6.07) is 8.29. The number of anilines is 1. The van der Waals surface area contributed by atoms with Gasteiger partial charge in [-0.2, -0.15) is 0 Å². The first-order chi connectivity index (χ1) is 8.86. The van der Waals surface area contributed by atoms with Crippen molar-refractivity contribution in [3.8, 4) is 0 Å². The van der Waals surface area contributed by atoms with Crippen LogP contribution in [0.15, 0.2) is 24.3 Å². The van der Waals surface area contributed by atoms with Crippen LogP contribution in [0.5, 0.6) is 0 Å². The van der Waals surface area contributed by atoms with Crippen molar-refractivity contribution in [1.29, 1.82) is 0 Å². The van der Waals surface area contributed by atoms with Gasteiger partial charge in [-0.3, -0.25) is 4.79 Å². The SMILES string of the molecule is O=C(C1CCCCCN1)N1CCc2ccccc21. The molecule has 96 valence electrons. The maximum atomic E-state index is 12.6. The summed E-state index contributed by atoms with van der Waals surface area (Å²) in [5.74, 6) is 0.266. The fraction of sp³-hybridized carbons (Fsp3) is 0.533. The average Bonchev–Trinajstić information content (AvgIpc) is 2.65. The number of nitrogens with one attached hydrogen (secondary N) is 1. The largest absolute Gasteiger partial charge is 0.310 e. The van der Waals surface area contributed by atoms with E-state index in [1.165, 1.54) is 24.8 Å². The van der Waals surface area contributed by atoms with Gasteiger partial charge in [-0.15, -0.1) is 0 Å². The van der Waals surface area contributed by atoms with Crippen LogP contribution in [0.1, 0.15) is 31.2 Å². The monoisotopic (exact) mass is 244 g/mol. The number of carbonyl (C=O) groups excluding carboxylic acids is 1. The Bertz CT molecular complexity index is 436. The zero-order valence-electron chi connectivity index (χ0n) is 10.7. The van der Waals surface area contributed by atoms with Gasteiger partial charge in [0.25, 0.3) is 0 Å². The van der Waals surface area contributed by atoms with Crippen molar-refractivity contribution < 1.29 is 4.79 Å². The zero-order chi connectivity index (χ0) is 12.4. The highest BCUT2D eigenvalue weighted by Gasteiger charge is 2.29. The predicted molar refractivity (Wildman–Crippen MR) is 72.8 cm³/mol. The van der Waals surface area contributed by atoms with E-state index in [4.69, 9.17) is 0 Å². The third kappa shape index (κ3) is 2.15. The maximum absolute atomic E-state index is 12.6. The second-order valence-electron chi connectivity index (χ2n) is 5.22. The van der Waals surface area contributed by atoms with Crippen molar-refractivity contribution in [1.82, 2.24) is 5.32 Å². The molecule has 3 rings (SSSR count). The Balaban J connectivity index is 1.77. The van der Waals surface area contributed by atoms with Crippen molar-refractivity contribution in [2.75, 3.05) is 18.0 Å². The van der Waals surface area contributed by atoms with Gasteiger partial charge in [0.1, 0.15) is 0 Å². The Kier molecular flexibility index (Phi) is 3.33. The molecule has 18 heavy (non-hydrogen) atoms. The van der Waals surface area contributed by atoms with Crippen LogP contribution >= 0.6 is 0 Å². The lowest BCUT2D eigenvalue weighted by Gasteiger charge is -2.23. The zero-order valence-corrected chi connectivity index (χ0v) is 10.7. The van der Waals surface area contributed by atoms with Crippen LogP contribution in [0.25, 0.3) is 0 Å². The first-order valence-electron chi connectivity index (χ1n) is 6.99. The van der Waals surface area contributed by atoms with Crippen LogP contribution < -0.4 is 10.2 Å². The number of hydrogen-bond donors (Lipinski definition) is 1. The summed E-state index contributed by atoms with van der Waals surface area (Å²) in [7, 11) is 0. The molecule has 0 bridgehead atoms. The van der Waals surface area contributed by atoms with Crippen molar-refractivity contribution in [2.24, 2.45) is 0 Å². The number of amides is 1. The Morgan fingerprint density at radius 3 is 3.06 bits per heavy atom. The predicted octanol–water partition coefficient (Wildman–Crippen LogP) is 2.11. The molecule has 3 heteroatoms. The minimum Gasteiger partial charge on any atom is -0.310 e. The fourth-order valence-electron chi connectivity index (χ4n) is 2.99. The van der Waals surface area contributed by atoms with Gasteiger partial charge in [0.05, 0.1) is 6.04 Å². The van der Waals surface area contributed by atoms with Crippen LogP contribution in [0.3, 0.4) is 0 Å². The number of rotatable bonds is 1. The number of fused-ring (bicyclic) bond motifs is 1. The fourth-order valence-corrected chi connectivity index (χ4v) is 2.99. The quantitative estimate of drug-likeness (QED) is 0.820. The van der Waals surface area contributed by atoms with Crippen LogP contribution in [0.4, 0.5) is 5.69 Å². The summed E-state index contributed by atoms with van der Waals surface area (Å²) in [4.78, 5) is 14.5. The highest BCUT2D eigenvalue weighted by Crippen LogP contribution is 2.28. The molecule has 0 radical (unpaired) electrons. The molecule has 2 aliphatic rings. The topological polar surface area (TPSA) is 32.3 Å². The van der Waals surface area contributed by atoms with E-state index in [0.717, 1.165) is 31.6 Å². The molecule has 1 saturated heterocycles. The van der Waals surface area contributed by atoms with E-state index in [-0.39, 0.29) is 11.9 Å². The van der Waals surface area contributed by atoms with Crippen molar-refractivity contribution in [2.45, 2.75) is 38.1 Å². The molecule has 0 spiro atoms. The molecule has 1 amide bonds. The Labute approximate surface area is 108 Å². The van der Waals surface area contributed by atoms with Crippen LogP contribution in [0.2, 0.25) is 0 Å². The molecule has 1 aromatic carbocycles. The summed E-state index contributed by atoms with van der Waals surface area (Å²) in [5.41, 5.74) is 2.42. The molecule has 1 atom stereocenters. The molecule has 2 aliphatic heterocycles. The van der Waals surface area contributed by atoms with E-state index in [1.807, 2.05) is 11.0 Å². The van der Waals surface area contributed by atoms with Gasteiger partial charge in [0.2, 0.25) is 5.91 Å². The Morgan fingerprint density at radius 1 is 1.22 bits per heavy atom. The summed E-state index contributed by atoms with van der Waals surface area (Å²) in [6.45, 7) is 1.82. The normalized spacial score (nSPS) is 23.6. The van der Waals surface area contributed by atoms with E-state index in [1.54, 1.807) is 0 Å². The van der Waals surface area contributed by atoms with Crippen molar-refractivity contribution in [3.05, 3.63) is 29.8 Å². The highest BCUT2D eigenvalue weighted by molar-refractivity contribution is 5.99. The molecule has 1 fully saturated rings. The Hall–Kier alpha value is -1.35. The lowest BCUT2D eigenvalue weighted by molar-refractivity contribution is -0.120. The summed E-state index contributed by atoms with van der Waals surface area (Å²) in [6.07, 6.45) is 5.58. The molecule has 3 nitrogen and oxygen atoms in total. The standard InChI is InChI=1S/C15H20N2O/c18-15(13-7-2-1-5-10-16-13)17-11-9-12-6-3-4-8-14(12)17/h3-4,6,8,13,16H,1-2,5,7,9-11H2. The van der Waals surface area contributed by atoms with Gasteiger partial charge in [-0.05, 0) is 37.4 Å². The average molecular weight is 244 g/mol. The van der Waals surface area contributed by atoms with Crippen molar-refractivity contribution in [3.63, 3.8) is 0 Å². The second-order valence-corrected chi connectivity index (χ2v) is 5.22. The summed E-state index contributed by atoms with van der Waals surface area (Å²) >= 11 is 0. The number of para-hydroxylation sites is 1. The van der Waals surface area contributed by atoms with Gasteiger partial charge in [0.15, 0.2) is 0 Å². The first kappa shape index (κ1) is 11.7. The summed E-state index contributed by atoms with van der Waals surface area (Å²) in [5, 5.41) is 3.40. The third-order valence-corrected chi connectivity index (χ3v) is 4.01. The molecule has 0 aliphatic carbocycles. The summed E-state index contributed by atoms with van der Waals surface area (Å²) < 4.78 is 0. The molecule has 0 saturated carbocycles. The molecule has 1 unspecified atom stereocenters. The van der Waals surface area contributed by atoms with E-state index in [0.29, 0.717) is 0 Å². The van der Waals surface area contributed by atoms with Crippen molar-refractivity contribution >= 4 is 11.6 Å². The van der Waals surface area contributed by atoms with E-state index < -0.39 is 0 Å². The highest BCUT2D eigenvalue weighted by atomic mass is 16.2. The van der Waals surface area contributed by atoms with E-state index in [2.05, 4.69) is 23.5 Å². The van der Waals surface area contributed by atoms with Crippen LogP contribution in [0, 0.1) is 0 Å². The molecule has 1 N–H and O–H groups in total. The smallest absolute Gasteiger partial charge is 0.244 e. The first-order valence-corrected chi connectivity index (χ1v) is 6.99. The van der Waals surface area contributed by atoms with Gasteiger partial charge in [-0.1, -0.05) is 31.0 Å². The van der Waals surface area contributed by atoms with Gasteiger partial charge in [0, 0.05) is 12.2 Å². The van der Waals surface area contributed by atoms with E-state index >= 15 is 0 Å². The van der Waals surface area contributed by atoms with Crippen LogP contribution in [-0.4, -0.2) is 25.0 Å². The van der Waals surface area contributed by atoms with Gasteiger partial charge in [-0.25, -0.2) is 0 Å². The maximum Gasteiger partial charge on any atom is 0.244 e. The minimum atomic E-state index is 0.0265. The van der Waals surface area contributed by atoms with E-state index in [9.17, 15) is 4.79 Å². The van der Waals surface area contributed by atoms with Gasteiger partial charge >= 0.3 is 0 Å². The molecule has 1 aromatic rings. The number of nitrogens with zero attached hydrogens (tertiary/aromatic N) is 1. The number of benzene rings is 1. The molecule has 0 aromatic heterocycles.